The minimum atomic E-state index is 0.376. The molecule has 17 heavy (non-hydrogen) atoms. The molecule has 1 rings (SSSR count). The third kappa shape index (κ3) is 3.71. The lowest BCUT2D eigenvalue weighted by atomic mass is 10.1. The zero-order valence-corrected chi connectivity index (χ0v) is 12.6. The van der Waals surface area contributed by atoms with Gasteiger partial charge in [0.25, 0.3) is 0 Å². The van der Waals surface area contributed by atoms with E-state index < -0.39 is 0 Å². The summed E-state index contributed by atoms with van der Waals surface area (Å²) in [6.45, 7) is 8.95. The van der Waals surface area contributed by atoms with E-state index in [9.17, 15) is 0 Å². The van der Waals surface area contributed by atoms with Gasteiger partial charge in [-0.3, -0.25) is 0 Å². The lowest BCUT2D eigenvalue weighted by Crippen LogP contribution is -1.95. The van der Waals surface area contributed by atoms with Crippen molar-refractivity contribution < 1.29 is 4.74 Å². The third-order valence-corrected chi connectivity index (χ3v) is 3.96. The van der Waals surface area contributed by atoms with Crippen molar-refractivity contribution in [1.82, 2.24) is 0 Å². The highest BCUT2D eigenvalue weighted by atomic mass is 32.1. The Balaban J connectivity index is 3.20. The van der Waals surface area contributed by atoms with E-state index in [-0.39, 0.29) is 0 Å². The van der Waals surface area contributed by atoms with Gasteiger partial charge < -0.3 is 4.74 Å². The SMILES string of the molecule is CCOc1ccc(C)c(C(S)=C(S)C(C)C)c1. The van der Waals surface area contributed by atoms with Crippen LogP contribution in [0.15, 0.2) is 23.1 Å². The minimum absolute atomic E-state index is 0.376. The second-order valence-corrected chi connectivity index (χ2v) is 5.23. The molecule has 0 aliphatic carbocycles. The van der Waals surface area contributed by atoms with Crippen LogP contribution in [-0.2, 0) is 0 Å². The van der Waals surface area contributed by atoms with Crippen molar-refractivity contribution in [2.45, 2.75) is 27.7 Å². The van der Waals surface area contributed by atoms with Gasteiger partial charge in [-0.15, -0.1) is 25.3 Å². The molecule has 0 radical (unpaired) electrons. The van der Waals surface area contributed by atoms with Crippen LogP contribution in [0, 0.1) is 12.8 Å². The topological polar surface area (TPSA) is 9.23 Å². The maximum atomic E-state index is 5.51. The van der Waals surface area contributed by atoms with Crippen LogP contribution in [0.3, 0.4) is 0 Å². The van der Waals surface area contributed by atoms with Gasteiger partial charge in [0.2, 0.25) is 0 Å². The maximum Gasteiger partial charge on any atom is 0.119 e. The van der Waals surface area contributed by atoms with E-state index >= 15 is 0 Å². The average Bonchev–Trinajstić information content (AvgIpc) is 2.30. The molecule has 0 heterocycles. The van der Waals surface area contributed by atoms with Crippen molar-refractivity contribution in [3.05, 3.63) is 34.2 Å². The van der Waals surface area contributed by atoms with Crippen molar-refractivity contribution in [1.29, 1.82) is 0 Å². The van der Waals surface area contributed by atoms with Gasteiger partial charge >= 0.3 is 0 Å². The zero-order chi connectivity index (χ0) is 13.0. The smallest absolute Gasteiger partial charge is 0.119 e. The third-order valence-electron chi connectivity index (χ3n) is 2.56. The van der Waals surface area contributed by atoms with Crippen molar-refractivity contribution in [2.75, 3.05) is 6.61 Å². The molecule has 1 nitrogen and oxygen atoms in total. The van der Waals surface area contributed by atoms with Crippen molar-refractivity contribution >= 4 is 30.2 Å². The number of benzene rings is 1. The van der Waals surface area contributed by atoms with Gasteiger partial charge in [0.1, 0.15) is 5.75 Å². The molecule has 0 amide bonds. The van der Waals surface area contributed by atoms with E-state index in [2.05, 4.69) is 52.1 Å². The predicted octanol–water partition coefficient (Wildman–Crippen LogP) is 4.58. The second-order valence-electron chi connectivity index (χ2n) is 4.30. The summed E-state index contributed by atoms with van der Waals surface area (Å²) in [7, 11) is 0. The maximum absolute atomic E-state index is 5.51. The number of thiol groups is 2. The molecule has 0 atom stereocenters. The largest absolute Gasteiger partial charge is 0.494 e. The molecule has 0 aliphatic rings. The first kappa shape index (κ1) is 14.5. The van der Waals surface area contributed by atoms with E-state index in [4.69, 9.17) is 4.74 Å². The Bertz CT molecular complexity index is 422. The summed E-state index contributed by atoms with van der Waals surface area (Å²) >= 11 is 9.11. The standard InChI is InChI=1S/C14H20OS2/c1-5-15-11-7-6-10(4)12(8-11)14(17)13(16)9(2)3/h6-9,16-17H,5H2,1-4H3. The Kier molecular flexibility index (Phi) is 5.47. The number of hydrogen-bond donors (Lipinski definition) is 2. The molecule has 0 spiro atoms. The molecule has 1 aromatic carbocycles. The first-order chi connectivity index (χ1) is 7.97. The summed E-state index contributed by atoms with van der Waals surface area (Å²) in [6, 6.07) is 6.06. The summed E-state index contributed by atoms with van der Waals surface area (Å²) in [6.07, 6.45) is 0. The monoisotopic (exact) mass is 268 g/mol. The highest BCUT2D eigenvalue weighted by molar-refractivity contribution is 7.93. The number of aryl methyl sites for hydroxylation is 1. The van der Waals surface area contributed by atoms with Crippen LogP contribution in [0.25, 0.3) is 4.91 Å². The van der Waals surface area contributed by atoms with E-state index in [1.165, 1.54) is 5.56 Å². The predicted molar refractivity (Wildman–Crippen MR) is 82.1 cm³/mol. The zero-order valence-electron chi connectivity index (χ0n) is 10.8. The van der Waals surface area contributed by atoms with Crippen LogP contribution in [0.5, 0.6) is 5.75 Å². The Labute approximate surface area is 115 Å². The first-order valence-corrected chi connectivity index (χ1v) is 6.72. The van der Waals surface area contributed by atoms with Crippen LogP contribution in [0.1, 0.15) is 31.9 Å². The fraction of sp³-hybridized carbons (Fsp3) is 0.429. The lowest BCUT2D eigenvalue weighted by Gasteiger charge is -2.13. The Hall–Kier alpha value is -0.540. The summed E-state index contributed by atoms with van der Waals surface area (Å²) in [5.41, 5.74) is 2.28. The van der Waals surface area contributed by atoms with Crippen LogP contribution in [-0.4, -0.2) is 6.61 Å². The van der Waals surface area contributed by atoms with Crippen molar-refractivity contribution in [2.24, 2.45) is 5.92 Å². The van der Waals surface area contributed by atoms with Gasteiger partial charge in [0.15, 0.2) is 0 Å². The van der Waals surface area contributed by atoms with E-state index in [0.717, 1.165) is 21.1 Å². The summed E-state index contributed by atoms with van der Waals surface area (Å²) < 4.78 is 5.51. The molecule has 0 saturated carbocycles. The highest BCUT2D eigenvalue weighted by Crippen LogP contribution is 2.33. The van der Waals surface area contributed by atoms with Crippen LogP contribution in [0.4, 0.5) is 0 Å². The van der Waals surface area contributed by atoms with Crippen LogP contribution < -0.4 is 4.74 Å². The summed E-state index contributed by atoms with van der Waals surface area (Å²) in [4.78, 5) is 1.94. The highest BCUT2D eigenvalue weighted by Gasteiger charge is 2.09. The molecular weight excluding hydrogens is 248 g/mol. The van der Waals surface area contributed by atoms with E-state index in [0.29, 0.717) is 12.5 Å². The first-order valence-electron chi connectivity index (χ1n) is 5.83. The molecule has 94 valence electrons. The summed E-state index contributed by atoms with van der Waals surface area (Å²) in [5.74, 6) is 1.26. The molecule has 0 saturated heterocycles. The Morgan fingerprint density at radius 1 is 1.29 bits per heavy atom. The quantitative estimate of drug-likeness (QED) is 0.760. The van der Waals surface area contributed by atoms with Crippen molar-refractivity contribution in [3.8, 4) is 5.75 Å². The number of hydrogen-bond acceptors (Lipinski definition) is 3. The number of rotatable bonds is 4. The molecule has 0 unspecified atom stereocenters. The van der Waals surface area contributed by atoms with Crippen LogP contribution in [0.2, 0.25) is 0 Å². The van der Waals surface area contributed by atoms with Gasteiger partial charge in [-0.2, -0.15) is 0 Å². The normalized spacial score (nSPS) is 12.6. The van der Waals surface area contributed by atoms with Gasteiger partial charge in [0, 0.05) is 4.91 Å². The second kappa shape index (κ2) is 6.41. The molecule has 0 fully saturated rings. The van der Waals surface area contributed by atoms with Gasteiger partial charge in [0.05, 0.1) is 6.61 Å². The molecule has 0 bridgehead atoms. The van der Waals surface area contributed by atoms with Gasteiger partial charge in [-0.05, 0) is 47.9 Å². The molecule has 0 aliphatic heterocycles. The Morgan fingerprint density at radius 3 is 2.47 bits per heavy atom. The fourth-order valence-electron chi connectivity index (χ4n) is 1.52. The lowest BCUT2D eigenvalue weighted by molar-refractivity contribution is 0.340. The summed E-state index contributed by atoms with van der Waals surface area (Å²) in [5, 5.41) is 0. The fourth-order valence-corrected chi connectivity index (χ4v) is 2.14. The van der Waals surface area contributed by atoms with E-state index in [1.807, 2.05) is 19.1 Å². The van der Waals surface area contributed by atoms with E-state index in [1.54, 1.807) is 0 Å². The Morgan fingerprint density at radius 2 is 1.94 bits per heavy atom. The molecular formula is C14H20OS2. The van der Waals surface area contributed by atoms with Gasteiger partial charge in [-0.1, -0.05) is 19.9 Å². The number of allylic oxidation sites excluding steroid dienone is 1. The number of ether oxygens (including phenoxy) is 1. The molecule has 0 aromatic heterocycles. The van der Waals surface area contributed by atoms with Crippen molar-refractivity contribution in [3.63, 3.8) is 0 Å². The van der Waals surface area contributed by atoms with Crippen LogP contribution >= 0.6 is 25.3 Å². The minimum Gasteiger partial charge on any atom is -0.494 e. The molecule has 1 aromatic rings. The average molecular weight is 268 g/mol. The van der Waals surface area contributed by atoms with Gasteiger partial charge in [-0.25, -0.2) is 0 Å². The molecule has 0 N–H and O–H groups in total. The molecule has 3 heteroatoms.